The highest BCUT2D eigenvalue weighted by Gasteiger charge is 2.14. The normalized spacial score (nSPS) is 10.5. The molecule has 198 valence electrons. The van der Waals surface area contributed by atoms with E-state index >= 15 is 0 Å². The van der Waals surface area contributed by atoms with Crippen LogP contribution in [0.4, 0.5) is 11.4 Å². The molecule has 0 bridgehead atoms. The Morgan fingerprint density at radius 2 is 1.70 bits per heavy atom. The predicted molar refractivity (Wildman–Crippen MR) is 165 cm³/mol. The Morgan fingerprint density at radius 3 is 2.32 bits per heavy atom. The average molecular weight is 520 g/mol. The van der Waals surface area contributed by atoms with Crippen molar-refractivity contribution in [2.45, 2.75) is 48.0 Å². The maximum atomic E-state index is 13.3. The van der Waals surface area contributed by atoms with Gasteiger partial charge >= 0.3 is 0 Å². The van der Waals surface area contributed by atoms with Gasteiger partial charge in [-0.25, -0.2) is 4.98 Å². The maximum absolute atomic E-state index is 13.3. The molecular weight excluding hydrogens is 478 g/mol. The molecule has 0 fully saturated rings. The van der Waals surface area contributed by atoms with Crippen LogP contribution in [0, 0.1) is 0 Å². The Morgan fingerprint density at radius 1 is 1.03 bits per heavy atom. The van der Waals surface area contributed by atoms with Gasteiger partial charge in [0.1, 0.15) is 0 Å². The molecule has 1 amide bonds. The molecule has 0 spiro atoms. The predicted octanol–water partition coefficient (Wildman–Crippen LogP) is 9.14. The van der Waals surface area contributed by atoms with Gasteiger partial charge in [0.25, 0.3) is 5.91 Å². The Labute approximate surface area is 228 Å². The number of hydrogen-bond donors (Lipinski definition) is 1. The van der Waals surface area contributed by atoms with Crippen LogP contribution in [0.15, 0.2) is 85.5 Å². The summed E-state index contributed by atoms with van der Waals surface area (Å²) in [5.74, 6) is 0.393. The molecule has 0 saturated heterocycles. The second-order valence-corrected chi connectivity index (χ2v) is 8.04. The third-order valence-corrected chi connectivity index (χ3v) is 5.40. The van der Waals surface area contributed by atoms with Crippen molar-refractivity contribution in [2.75, 3.05) is 29.2 Å². The first-order valence-electron chi connectivity index (χ1n) is 13.2. The zero-order valence-electron chi connectivity index (χ0n) is 23.2. The number of rotatable bonds is 10. The van der Waals surface area contributed by atoms with E-state index in [9.17, 15) is 4.79 Å². The number of nitrogens with zero attached hydrogens (tertiary/aromatic N) is 2. The molecule has 0 aliphatic heterocycles. The van der Waals surface area contributed by atoms with Crippen LogP contribution in [0.5, 0.6) is 0 Å². The van der Waals surface area contributed by atoms with E-state index in [1.165, 1.54) is 0 Å². The second-order valence-electron chi connectivity index (χ2n) is 7.66. The van der Waals surface area contributed by atoms with Gasteiger partial charge in [0.05, 0.1) is 16.8 Å². The molecule has 0 atom stereocenters. The van der Waals surface area contributed by atoms with E-state index in [1.807, 2.05) is 107 Å². The van der Waals surface area contributed by atoms with Gasteiger partial charge in [0.2, 0.25) is 0 Å². The average Bonchev–Trinajstić information content (AvgIpc) is 2.95. The molecule has 3 aromatic rings. The van der Waals surface area contributed by atoms with Crippen molar-refractivity contribution < 1.29 is 4.79 Å². The van der Waals surface area contributed by atoms with Crippen molar-refractivity contribution in [2.24, 2.45) is 0 Å². The molecule has 0 aliphatic carbocycles. The highest BCUT2D eigenvalue weighted by atomic mass is 35.5. The van der Waals surface area contributed by atoms with Crippen molar-refractivity contribution in [3.05, 3.63) is 96.7 Å². The van der Waals surface area contributed by atoms with Crippen LogP contribution in [-0.2, 0) is 0 Å². The minimum absolute atomic E-state index is 0.181. The molecular formula is C32H42ClN3O. The number of amides is 1. The standard InChI is InChI=1S/C28H30ClN3O.2C2H6/c1-4-6-7-10-21(3)27-20-25(24-11-8-9-12-26(24)31-27)28(33)30-22-13-15-23(16-14-22)32(18-5-2)19-17-29;2*1-2/h4,6-16,20H,3,5,17-19H2,1-2H3,(H,30,33);2*1-2H3/b6-4-,10-7-;;. The summed E-state index contributed by atoms with van der Waals surface area (Å²) in [6.07, 6.45) is 8.71. The first kappa shape index (κ1) is 31.7. The Kier molecular flexibility index (Phi) is 15.4. The first-order valence-corrected chi connectivity index (χ1v) is 13.7. The van der Waals surface area contributed by atoms with E-state index < -0.39 is 0 Å². The zero-order valence-corrected chi connectivity index (χ0v) is 24.0. The van der Waals surface area contributed by atoms with Crippen LogP contribution in [-0.4, -0.2) is 29.9 Å². The molecule has 0 radical (unpaired) electrons. The number of nitrogens with one attached hydrogen (secondary N) is 1. The number of fused-ring (bicyclic) bond motifs is 1. The van der Waals surface area contributed by atoms with Crippen LogP contribution < -0.4 is 10.2 Å². The third kappa shape index (κ3) is 9.55. The molecule has 0 aliphatic rings. The molecule has 1 N–H and O–H groups in total. The number of para-hydroxylation sites is 1. The summed E-state index contributed by atoms with van der Waals surface area (Å²) < 4.78 is 0. The fraction of sp³-hybridized carbons (Fsp3) is 0.312. The molecule has 4 nitrogen and oxygen atoms in total. The van der Waals surface area contributed by atoms with Crippen molar-refractivity contribution >= 4 is 45.4 Å². The Balaban J connectivity index is 0.00000163. The van der Waals surface area contributed by atoms with Crippen LogP contribution in [0.2, 0.25) is 0 Å². The number of pyridine rings is 1. The van der Waals surface area contributed by atoms with E-state index in [0.29, 0.717) is 17.1 Å². The lowest BCUT2D eigenvalue weighted by Gasteiger charge is -2.23. The molecule has 0 unspecified atom stereocenters. The highest BCUT2D eigenvalue weighted by Crippen LogP contribution is 2.24. The lowest BCUT2D eigenvalue weighted by Crippen LogP contribution is -2.26. The molecule has 1 aromatic heterocycles. The zero-order chi connectivity index (χ0) is 27.6. The third-order valence-electron chi connectivity index (χ3n) is 5.23. The summed E-state index contributed by atoms with van der Waals surface area (Å²) in [6, 6.07) is 17.3. The molecule has 2 aromatic carbocycles. The summed E-state index contributed by atoms with van der Waals surface area (Å²) in [4.78, 5) is 20.2. The van der Waals surface area contributed by atoms with Gasteiger partial charge in [0, 0.05) is 35.7 Å². The van der Waals surface area contributed by atoms with Crippen molar-refractivity contribution in [1.29, 1.82) is 0 Å². The molecule has 3 rings (SSSR count). The number of carbonyl (C=O) groups is 1. The van der Waals surface area contributed by atoms with Crippen LogP contribution >= 0.6 is 11.6 Å². The number of aromatic nitrogens is 1. The lowest BCUT2D eigenvalue weighted by molar-refractivity contribution is 0.102. The maximum Gasteiger partial charge on any atom is 0.256 e. The first-order chi connectivity index (χ1) is 18.1. The number of carbonyl (C=O) groups excluding carboxylic acids is 1. The Bertz CT molecular complexity index is 1160. The van der Waals surface area contributed by atoms with Gasteiger partial charge in [-0.2, -0.15) is 0 Å². The summed E-state index contributed by atoms with van der Waals surface area (Å²) in [6.45, 7) is 17.9. The highest BCUT2D eigenvalue weighted by molar-refractivity contribution is 6.18. The van der Waals surface area contributed by atoms with E-state index in [4.69, 9.17) is 16.6 Å². The van der Waals surface area contributed by atoms with Gasteiger partial charge in [-0.1, -0.05) is 83.7 Å². The van der Waals surface area contributed by atoms with Gasteiger partial charge < -0.3 is 10.2 Å². The van der Waals surface area contributed by atoms with Crippen molar-refractivity contribution in [3.63, 3.8) is 0 Å². The number of benzene rings is 2. The van der Waals surface area contributed by atoms with Crippen LogP contribution in [0.25, 0.3) is 16.5 Å². The molecule has 1 heterocycles. The van der Waals surface area contributed by atoms with E-state index in [0.717, 1.165) is 47.4 Å². The number of halogens is 1. The van der Waals surface area contributed by atoms with Gasteiger partial charge in [-0.05, 0) is 55.3 Å². The van der Waals surface area contributed by atoms with Crippen molar-refractivity contribution in [3.8, 4) is 0 Å². The van der Waals surface area contributed by atoms with E-state index in [-0.39, 0.29) is 5.91 Å². The fourth-order valence-electron chi connectivity index (χ4n) is 3.59. The summed E-state index contributed by atoms with van der Waals surface area (Å²) in [5, 5.41) is 3.83. The van der Waals surface area contributed by atoms with Gasteiger partial charge in [-0.3, -0.25) is 4.79 Å². The van der Waals surface area contributed by atoms with E-state index in [2.05, 4.69) is 23.7 Å². The monoisotopic (exact) mass is 519 g/mol. The smallest absolute Gasteiger partial charge is 0.256 e. The second kappa shape index (κ2) is 18.0. The SMILES string of the molecule is C=C(/C=C\C=C/C)c1cc(C(=O)Nc2ccc(N(CCC)CCCl)cc2)c2ccccc2n1.CC.CC. The largest absolute Gasteiger partial charge is 0.370 e. The summed E-state index contributed by atoms with van der Waals surface area (Å²) in [5.41, 5.74) is 4.57. The van der Waals surface area contributed by atoms with Crippen LogP contribution in [0.1, 0.15) is 64.0 Å². The Hall–Kier alpha value is -3.37. The number of anilines is 2. The summed E-state index contributed by atoms with van der Waals surface area (Å²) in [7, 11) is 0. The quantitative estimate of drug-likeness (QED) is 0.214. The number of hydrogen-bond acceptors (Lipinski definition) is 3. The fourth-order valence-corrected chi connectivity index (χ4v) is 3.80. The molecule has 5 heteroatoms. The molecule has 37 heavy (non-hydrogen) atoms. The minimum atomic E-state index is -0.181. The van der Waals surface area contributed by atoms with Gasteiger partial charge in [-0.15, -0.1) is 11.6 Å². The topological polar surface area (TPSA) is 45.2 Å². The molecule has 0 saturated carbocycles. The van der Waals surface area contributed by atoms with Crippen LogP contribution in [0.3, 0.4) is 0 Å². The lowest BCUT2D eigenvalue weighted by atomic mass is 10.0. The van der Waals surface area contributed by atoms with Gasteiger partial charge in [0.15, 0.2) is 0 Å². The number of allylic oxidation sites excluding steroid dienone is 5. The van der Waals surface area contributed by atoms with E-state index in [1.54, 1.807) is 6.07 Å². The van der Waals surface area contributed by atoms with Crippen molar-refractivity contribution in [1.82, 2.24) is 4.98 Å². The minimum Gasteiger partial charge on any atom is -0.370 e. The number of alkyl halides is 1. The summed E-state index contributed by atoms with van der Waals surface area (Å²) >= 11 is 5.95.